The van der Waals surface area contributed by atoms with E-state index in [1.165, 1.54) is 6.33 Å². The van der Waals surface area contributed by atoms with E-state index < -0.39 is 0 Å². The van der Waals surface area contributed by atoms with Crippen LogP contribution in [0.1, 0.15) is 5.56 Å². The highest BCUT2D eigenvalue weighted by Crippen LogP contribution is 2.18. The molecular weight excluding hydrogens is 280 g/mol. The van der Waals surface area contributed by atoms with Crippen LogP contribution in [0.3, 0.4) is 0 Å². The number of benzene rings is 1. The second-order valence-corrected chi connectivity index (χ2v) is 4.99. The lowest BCUT2D eigenvalue weighted by atomic mass is 10.2. The van der Waals surface area contributed by atoms with E-state index in [1.807, 2.05) is 42.6 Å². The van der Waals surface area contributed by atoms with E-state index in [-0.39, 0.29) is 12.6 Å². The van der Waals surface area contributed by atoms with Gasteiger partial charge in [-0.25, -0.2) is 9.97 Å². The third-order valence-electron chi connectivity index (χ3n) is 3.35. The molecule has 3 rings (SSSR count). The lowest BCUT2D eigenvalue weighted by Gasteiger charge is -2.17. The van der Waals surface area contributed by atoms with Crippen LogP contribution in [0.25, 0.3) is 11.0 Å². The van der Waals surface area contributed by atoms with Gasteiger partial charge in [-0.3, -0.25) is 0 Å². The summed E-state index contributed by atoms with van der Waals surface area (Å²) in [5.74, 6) is 0.689. The molecule has 0 saturated carbocycles. The number of fused-ring (bicyclic) bond motifs is 1. The number of aromatic amines is 1. The van der Waals surface area contributed by atoms with Crippen LogP contribution in [-0.2, 0) is 11.3 Å². The molecule has 6 nitrogen and oxygen atoms in total. The van der Waals surface area contributed by atoms with Crippen LogP contribution < -0.4 is 5.32 Å². The molecule has 0 aliphatic carbocycles. The molecule has 0 bridgehead atoms. The Morgan fingerprint density at radius 1 is 1.18 bits per heavy atom. The number of nitrogens with one attached hydrogen (secondary N) is 2. The molecule has 3 aromatic rings. The Kier molecular flexibility index (Phi) is 4.62. The molecule has 2 heterocycles. The standard InChI is InChI=1S/C16H18N4O2/c21-8-13(10-22-9-12-4-2-1-3-5-12)20-16-14-6-7-17-15(14)18-11-19-16/h1-7,11,13,21H,8-10H2,(H2,17,18,19,20)/t13-/m1/s1. The lowest BCUT2D eigenvalue weighted by Crippen LogP contribution is -2.29. The summed E-state index contributed by atoms with van der Waals surface area (Å²) < 4.78 is 5.66. The molecule has 0 radical (unpaired) electrons. The molecule has 0 aliphatic heterocycles. The quantitative estimate of drug-likeness (QED) is 0.621. The first-order valence-corrected chi connectivity index (χ1v) is 7.14. The number of nitrogens with zero attached hydrogens (tertiary/aromatic N) is 2. The first-order chi connectivity index (χ1) is 10.9. The maximum atomic E-state index is 9.51. The Balaban J connectivity index is 1.59. The predicted molar refractivity (Wildman–Crippen MR) is 84.5 cm³/mol. The first kappa shape index (κ1) is 14.5. The van der Waals surface area contributed by atoms with Gasteiger partial charge in [0.15, 0.2) is 0 Å². The smallest absolute Gasteiger partial charge is 0.142 e. The number of aliphatic hydroxyl groups excluding tert-OH is 1. The average molecular weight is 298 g/mol. The van der Waals surface area contributed by atoms with Gasteiger partial charge < -0.3 is 20.1 Å². The van der Waals surface area contributed by atoms with Crippen molar-refractivity contribution < 1.29 is 9.84 Å². The summed E-state index contributed by atoms with van der Waals surface area (Å²) in [5.41, 5.74) is 1.87. The Bertz CT molecular complexity index is 714. The highest BCUT2D eigenvalue weighted by molar-refractivity contribution is 5.86. The molecule has 0 saturated heterocycles. The van der Waals surface area contributed by atoms with Crippen molar-refractivity contribution >= 4 is 16.9 Å². The van der Waals surface area contributed by atoms with Crippen molar-refractivity contribution in [2.24, 2.45) is 0 Å². The maximum Gasteiger partial charge on any atom is 0.142 e. The molecule has 0 spiro atoms. The topological polar surface area (TPSA) is 83.1 Å². The Hall–Kier alpha value is -2.44. The minimum atomic E-state index is -0.225. The molecule has 2 aromatic heterocycles. The van der Waals surface area contributed by atoms with Crippen molar-refractivity contribution in [2.75, 3.05) is 18.5 Å². The fraction of sp³-hybridized carbons (Fsp3) is 0.250. The number of hydrogen-bond acceptors (Lipinski definition) is 5. The maximum absolute atomic E-state index is 9.51. The van der Waals surface area contributed by atoms with Gasteiger partial charge in [0.25, 0.3) is 0 Å². The van der Waals surface area contributed by atoms with Gasteiger partial charge >= 0.3 is 0 Å². The predicted octanol–water partition coefficient (Wildman–Crippen LogP) is 1.95. The molecule has 0 amide bonds. The van der Waals surface area contributed by atoms with Gasteiger partial charge in [-0.15, -0.1) is 0 Å². The summed E-state index contributed by atoms with van der Waals surface area (Å²) in [6.45, 7) is 0.869. The van der Waals surface area contributed by atoms with E-state index in [9.17, 15) is 5.11 Å². The summed E-state index contributed by atoms with van der Waals surface area (Å²) in [5, 5.41) is 13.6. The van der Waals surface area contributed by atoms with E-state index >= 15 is 0 Å². The molecule has 1 atom stereocenters. The molecule has 6 heteroatoms. The van der Waals surface area contributed by atoms with E-state index in [2.05, 4.69) is 20.3 Å². The van der Waals surface area contributed by atoms with E-state index in [0.29, 0.717) is 19.0 Å². The lowest BCUT2D eigenvalue weighted by molar-refractivity contribution is 0.0951. The number of aromatic nitrogens is 3. The largest absolute Gasteiger partial charge is 0.394 e. The summed E-state index contributed by atoms with van der Waals surface area (Å²) in [7, 11) is 0. The second kappa shape index (κ2) is 7.02. The Labute approximate surface area is 128 Å². The zero-order chi connectivity index (χ0) is 15.2. The summed E-state index contributed by atoms with van der Waals surface area (Å²) >= 11 is 0. The number of aliphatic hydroxyl groups is 1. The minimum Gasteiger partial charge on any atom is -0.394 e. The number of hydrogen-bond donors (Lipinski definition) is 3. The SMILES string of the molecule is OC[C@H](COCc1ccccc1)Nc1ncnc2[nH]ccc12. The third-order valence-corrected chi connectivity index (χ3v) is 3.35. The van der Waals surface area contributed by atoms with Crippen molar-refractivity contribution in [3.63, 3.8) is 0 Å². The number of anilines is 1. The van der Waals surface area contributed by atoms with Crippen LogP contribution in [0.2, 0.25) is 0 Å². The first-order valence-electron chi connectivity index (χ1n) is 7.14. The van der Waals surface area contributed by atoms with Gasteiger partial charge in [0.05, 0.1) is 31.2 Å². The molecule has 3 N–H and O–H groups in total. The van der Waals surface area contributed by atoms with Crippen LogP contribution in [0, 0.1) is 0 Å². The van der Waals surface area contributed by atoms with Gasteiger partial charge in [-0.1, -0.05) is 30.3 Å². The molecule has 22 heavy (non-hydrogen) atoms. The molecule has 0 aliphatic rings. The van der Waals surface area contributed by atoms with E-state index in [4.69, 9.17) is 4.74 Å². The fourth-order valence-corrected chi connectivity index (χ4v) is 2.21. The van der Waals surface area contributed by atoms with Crippen molar-refractivity contribution in [3.05, 3.63) is 54.5 Å². The highest BCUT2D eigenvalue weighted by Gasteiger charge is 2.11. The summed E-state index contributed by atoms with van der Waals surface area (Å²) in [4.78, 5) is 11.4. The van der Waals surface area contributed by atoms with Crippen LogP contribution in [0.15, 0.2) is 48.9 Å². The van der Waals surface area contributed by atoms with Crippen molar-refractivity contribution in [3.8, 4) is 0 Å². The van der Waals surface area contributed by atoms with Gasteiger partial charge in [-0.05, 0) is 11.6 Å². The van der Waals surface area contributed by atoms with Crippen molar-refractivity contribution in [2.45, 2.75) is 12.6 Å². The number of rotatable bonds is 7. The fourth-order valence-electron chi connectivity index (χ4n) is 2.21. The number of ether oxygens (including phenoxy) is 1. The van der Waals surface area contributed by atoms with Crippen LogP contribution >= 0.6 is 0 Å². The zero-order valence-electron chi connectivity index (χ0n) is 12.1. The van der Waals surface area contributed by atoms with Crippen molar-refractivity contribution in [1.82, 2.24) is 15.0 Å². The van der Waals surface area contributed by atoms with Gasteiger partial charge in [0.2, 0.25) is 0 Å². The van der Waals surface area contributed by atoms with Gasteiger partial charge in [0.1, 0.15) is 17.8 Å². The van der Waals surface area contributed by atoms with E-state index in [0.717, 1.165) is 16.6 Å². The minimum absolute atomic E-state index is 0.0370. The van der Waals surface area contributed by atoms with Crippen LogP contribution in [-0.4, -0.2) is 39.3 Å². The zero-order valence-corrected chi connectivity index (χ0v) is 12.1. The second-order valence-electron chi connectivity index (χ2n) is 4.99. The third kappa shape index (κ3) is 3.41. The van der Waals surface area contributed by atoms with Crippen LogP contribution in [0.4, 0.5) is 5.82 Å². The van der Waals surface area contributed by atoms with Gasteiger partial charge in [0, 0.05) is 6.20 Å². The molecule has 1 aromatic carbocycles. The molecular formula is C16H18N4O2. The monoisotopic (exact) mass is 298 g/mol. The highest BCUT2D eigenvalue weighted by atomic mass is 16.5. The summed E-state index contributed by atoms with van der Waals surface area (Å²) in [6, 6.07) is 11.6. The molecule has 0 fully saturated rings. The average Bonchev–Trinajstić information content (AvgIpc) is 3.04. The summed E-state index contributed by atoms with van der Waals surface area (Å²) in [6.07, 6.45) is 3.30. The van der Waals surface area contributed by atoms with Crippen molar-refractivity contribution in [1.29, 1.82) is 0 Å². The molecule has 114 valence electrons. The normalized spacial score (nSPS) is 12.4. The van der Waals surface area contributed by atoms with Gasteiger partial charge in [-0.2, -0.15) is 0 Å². The number of H-pyrrole nitrogens is 1. The van der Waals surface area contributed by atoms with Crippen LogP contribution in [0.5, 0.6) is 0 Å². The Morgan fingerprint density at radius 2 is 2.05 bits per heavy atom. The van der Waals surface area contributed by atoms with E-state index in [1.54, 1.807) is 0 Å². The molecule has 0 unspecified atom stereocenters. The Morgan fingerprint density at radius 3 is 2.86 bits per heavy atom.